The third kappa shape index (κ3) is 3.45. The molecule has 18 heavy (non-hydrogen) atoms. The number of halogens is 2. The molecule has 1 unspecified atom stereocenters. The van der Waals surface area contributed by atoms with E-state index in [1.54, 1.807) is 12.1 Å². The van der Waals surface area contributed by atoms with E-state index in [1.807, 2.05) is 6.07 Å². The first-order valence-corrected chi connectivity index (χ1v) is 7.46. The number of hydrogen-bond acceptors (Lipinski definition) is 2. The highest BCUT2D eigenvalue weighted by atomic mass is 79.9. The quantitative estimate of drug-likeness (QED) is 0.772. The minimum Gasteiger partial charge on any atom is -0.494 e. The first-order valence-electron chi connectivity index (χ1n) is 6.33. The molecule has 1 fully saturated rings. The standard InChI is InChI=1S/C14H19BrFNO/c1-18-14-3-2-12(8-13(14)16)10-17-7-5-11(9-17)4-6-15/h2-3,8,11H,4-7,9-10H2,1H3. The lowest BCUT2D eigenvalue weighted by Crippen LogP contribution is -2.20. The van der Waals surface area contributed by atoms with Gasteiger partial charge in [-0.3, -0.25) is 4.90 Å². The molecule has 1 aliphatic heterocycles. The van der Waals surface area contributed by atoms with Crippen molar-refractivity contribution in [3.05, 3.63) is 29.6 Å². The van der Waals surface area contributed by atoms with Gasteiger partial charge in [0.05, 0.1) is 7.11 Å². The lowest BCUT2D eigenvalue weighted by Gasteiger charge is -2.16. The lowest BCUT2D eigenvalue weighted by atomic mass is 10.1. The summed E-state index contributed by atoms with van der Waals surface area (Å²) in [5, 5.41) is 1.07. The number of benzene rings is 1. The van der Waals surface area contributed by atoms with Crippen LogP contribution in [0.1, 0.15) is 18.4 Å². The minimum atomic E-state index is -0.272. The molecule has 0 saturated carbocycles. The van der Waals surface area contributed by atoms with E-state index in [4.69, 9.17) is 4.74 Å². The molecule has 2 nitrogen and oxygen atoms in total. The van der Waals surface area contributed by atoms with Crippen molar-refractivity contribution in [3.8, 4) is 5.75 Å². The normalized spacial score (nSPS) is 20.3. The number of nitrogens with zero attached hydrogens (tertiary/aromatic N) is 1. The van der Waals surface area contributed by atoms with Crippen molar-refractivity contribution in [2.75, 3.05) is 25.5 Å². The number of methoxy groups -OCH3 is 1. The second kappa shape index (κ2) is 6.53. The number of ether oxygens (including phenoxy) is 1. The third-order valence-electron chi connectivity index (χ3n) is 3.51. The summed E-state index contributed by atoms with van der Waals surface area (Å²) in [7, 11) is 1.49. The third-order valence-corrected chi connectivity index (χ3v) is 3.97. The molecule has 1 aromatic carbocycles. The zero-order chi connectivity index (χ0) is 13.0. The molecule has 2 rings (SSSR count). The van der Waals surface area contributed by atoms with Crippen LogP contribution in [0, 0.1) is 11.7 Å². The summed E-state index contributed by atoms with van der Waals surface area (Å²) in [6.45, 7) is 3.07. The maximum absolute atomic E-state index is 13.6. The highest BCUT2D eigenvalue weighted by Gasteiger charge is 2.21. The first-order chi connectivity index (χ1) is 8.72. The Labute approximate surface area is 116 Å². The predicted molar refractivity (Wildman–Crippen MR) is 74.7 cm³/mol. The van der Waals surface area contributed by atoms with E-state index < -0.39 is 0 Å². The van der Waals surface area contributed by atoms with E-state index in [0.29, 0.717) is 5.75 Å². The monoisotopic (exact) mass is 315 g/mol. The minimum absolute atomic E-state index is 0.272. The average molecular weight is 316 g/mol. The van der Waals surface area contributed by atoms with E-state index in [2.05, 4.69) is 20.8 Å². The fourth-order valence-electron chi connectivity index (χ4n) is 2.51. The molecule has 1 atom stereocenters. The fourth-order valence-corrected chi connectivity index (χ4v) is 3.16. The van der Waals surface area contributed by atoms with Gasteiger partial charge in [-0.15, -0.1) is 0 Å². The fraction of sp³-hybridized carbons (Fsp3) is 0.571. The number of alkyl halides is 1. The molecular formula is C14H19BrFNO. The lowest BCUT2D eigenvalue weighted by molar-refractivity contribution is 0.314. The maximum atomic E-state index is 13.6. The van der Waals surface area contributed by atoms with Gasteiger partial charge >= 0.3 is 0 Å². The van der Waals surface area contributed by atoms with E-state index in [0.717, 1.165) is 36.4 Å². The number of rotatable bonds is 5. The van der Waals surface area contributed by atoms with Gasteiger partial charge in [0.2, 0.25) is 0 Å². The van der Waals surface area contributed by atoms with E-state index in [9.17, 15) is 4.39 Å². The second-order valence-electron chi connectivity index (χ2n) is 4.84. The summed E-state index contributed by atoms with van der Waals surface area (Å²) < 4.78 is 18.5. The predicted octanol–water partition coefficient (Wildman–Crippen LogP) is 3.44. The zero-order valence-electron chi connectivity index (χ0n) is 10.7. The molecule has 1 saturated heterocycles. The van der Waals surface area contributed by atoms with Gasteiger partial charge in [0, 0.05) is 18.4 Å². The molecule has 1 aliphatic rings. The summed E-state index contributed by atoms with van der Waals surface area (Å²) in [6, 6.07) is 5.23. The van der Waals surface area contributed by atoms with Crippen molar-refractivity contribution in [3.63, 3.8) is 0 Å². The van der Waals surface area contributed by atoms with Crippen LogP contribution in [0.4, 0.5) is 4.39 Å². The molecule has 0 amide bonds. The summed E-state index contributed by atoms with van der Waals surface area (Å²) in [6.07, 6.45) is 2.48. The van der Waals surface area contributed by atoms with E-state index in [1.165, 1.54) is 20.0 Å². The van der Waals surface area contributed by atoms with Crippen LogP contribution < -0.4 is 4.74 Å². The Balaban J connectivity index is 1.92. The van der Waals surface area contributed by atoms with Gasteiger partial charge in [0.1, 0.15) is 0 Å². The average Bonchev–Trinajstić information content (AvgIpc) is 2.77. The summed E-state index contributed by atoms with van der Waals surface area (Å²) in [4.78, 5) is 2.40. The van der Waals surface area contributed by atoms with Gasteiger partial charge in [-0.05, 0) is 43.0 Å². The Morgan fingerprint density at radius 1 is 1.50 bits per heavy atom. The van der Waals surface area contributed by atoms with E-state index >= 15 is 0 Å². The Morgan fingerprint density at radius 3 is 3.00 bits per heavy atom. The summed E-state index contributed by atoms with van der Waals surface area (Å²) in [5.41, 5.74) is 1.02. The molecule has 100 valence electrons. The number of hydrogen-bond donors (Lipinski definition) is 0. The van der Waals surface area contributed by atoms with E-state index in [-0.39, 0.29) is 5.82 Å². The largest absolute Gasteiger partial charge is 0.494 e. The Bertz CT molecular complexity index is 399. The topological polar surface area (TPSA) is 12.5 Å². The van der Waals surface area contributed by atoms with Crippen LogP contribution in [0.25, 0.3) is 0 Å². The Morgan fingerprint density at radius 2 is 2.33 bits per heavy atom. The van der Waals surface area contributed by atoms with Gasteiger partial charge in [0.25, 0.3) is 0 Å². The van der Waals surface area contributed by atoms with Crippen LogP contribution >= 0.6 is 15.9 Å². The summed E-state index contributed by atoms with van der Waals surface area (Å²) >= 11 is 3.49. The summed E-state index contributed by atoms with van der Waals surface area (Å²) in [5.74, 6) is 0.830. The van der Waals surface area contributed by atoms with Crippen molar-refractivity contribution in [2.45, 2.75) is 19.4 Å². The number of likely N-dealkylation sites (tertiary alicyclic amines) is 1. The van der Waals surface area contributed by atoms with Gasteiger partial charge < -0.3 is 4.74 Å². The molecule has 0 aromatic heterocycles. The van der Waals surface area contributed by atoms with Crippen LogP contribution in [-0.2, 0) is 6.54 Å². The molecule has 1 heterocycles. The zero-order valence-corrected chi connectivity index (χ0v) is 12.2. The smallest absolute Gasteiger partial charge is 0.165 e. The molecular weight excluding hydrogens is 297 g/mol. The van der Waals surface area contributed by atoms with Crippen molar-refractivity contribution in [1.29, 1.82) is 0 Å². The van der Waals surface area contributed by atoms with Crippen molar-refractivity contribution < 1.29 is 9.13 Å². The van der Waals surface area contributed by atoms with Gasteiger partial charge in [-0.1, -0.05) is 22.0 Å². The van der Waals surface area contributed by atoms with Gasteiger partial charge in [-0.2, -0.15) is 0 Å². The van der Waals surface area contributed by atoms with Crippen LogP contribution in [0.5, 0.6) is 5.75 Å². The van der Waals surface area contributed by atoms with Crippen LogP contribution in [-0.4, -0.2) is 30.4 Å². The van der Waals surface area contributed by atoms with Gasteiger partial charge in [0.15, 0.2) is 11.6 Å². The molecule has 0 spiro atoms. The SMILES string of the molecule is COc1ccc(CN2CCC(CCBr)C2)cc1F. The second-order valence-corrected chi connectivity index (χ2v) is 5.63. The maximum Gasteiger partial charge on any atom is 0.165 e. The van der Waals surface area contributed by atoms with Crippen molar-refractivity contribution in [1.82, 2.24) is 4.90 Å². The van der Waals surface area contributed by atoms with Crippen LogP contribution in [0.15, 0.2) is 18.2 Å². The first kappa shape index (κ1) is 13.8. The van der Waals surface area contributed by atoms with Crippen LogP contribution in [0.3, 0.4) is 0 Å². The van der Waals surface area contributed by atoms with Crippen LogP contribution in [0.2, 0.25) is 0 Å². The highest BCUT2D eigenvalue weighted by molar-refractivity contribution is 9.09. The Kier molecular flexibility index (Phi) is 5.01. The molecule has 0 bridgehead atoms. The van der Waals surface area contributed by atoms with Crippen molar-refractivity contribution >= 4 is 15.9 Å². The highest BCUT2D eigenvalue weighted by Crippen LogP contribution is 2.24. The van der Waals surface area contributed by atoms with Gasteiger partial charge in [-0.25, -0.2) is 4.39 Å². The molecule has 4 heteroatoms. The molecule has 0 aliphatic carbocycles. The molecule has 1 aromatic rings. The molecule has 0 radical (unpaired) electrons. The molecule has 0 N–H and O–H groups in total. The Hall–Kier alpha value is -0.610. The van der Waals surface area contributed by atoms with Crippen molar-refractivity contribution in [2.24, 2.45) is 5.92 Å².